The summed E-state index contributed by atoms with van der Waals surface area (Å²) in [5.41, 5.74) is 3.51. The standard InChI is InChI=1S/C18H18ClN3OS/c1-12-18(20-17(23)10-15-7-5-9-24-15)13(2)22(21-12)11-14-6-3-4-8-16(14)19/h3-9H,10-11H2,1-2H3,(H,20,23). The molecule has 4 nitrogen and oxygen atoms in total. The first-order valence-corrected chi connectivity index (χ1v) is 8.90. The van der Waals surface area contributed by atoms with E-state index in [-0.39, 0.29) is 5.91 Å². The molecule has 0 saturated heterocycles. The molecule has 0 fully saturated rings. The predicted molar refractivity (Wildman–Crippen MR) is 98.9 cm³/mol. The highest BCUT2D eigenvalue weighted by Crippen LogP contribution is 2.23. The molecule has 3 rings (SSSR count). The Morgan fingerprint density at radius 1 is 1.25 bits per heavy atom. The molecule has 3 aromatic rings. The number of carbonyl (C=O) groups is 1. The van der Waals surface area contributed by atoms with E-state index in [0.29, 0.717) is 18.0 Å². The number of nitrogens with zero attached hydrogens (tertiary/aromatic N) is 2. The normalized spacial score (nSPS) is 10.8. The molecule has 0 atom stereocenters. The van der Waals surface area contributed by atoms with Crippen molar-refractivity contribution in [1.29, 1.82) is 0 Å². The lowest BCUT2D eigenvalue weighted by Gasteiger charge is -2.08. The second-order valence-corrected chi connectivity index (χ2v) is 7.04. The molecule has 2 aromatic heterocycles. The molecule has 1 N–H and O–H groups in total. The average Bonchev–Trinajstić information content (AvgIpc) is 3.14. The number of nitrogens with one attached hydrogen (secondary N) is 1. The molecule has 124 valence electrons. The number of aryl methyl sites for hydroxylation is 1. The van der Waals surface area contributed by atoms with Gasteiger partial charge in [-0.2, -0.15) is 5.10 Å². The van der Waals surface area contributed by atoms with Crippen LogP contribution in [0.3, 0.4) is 0 Å². The van der Waals surface area contributed by atoms with Crippen molar-refractivity contribution in [3.63, 3.8) is 0 Å². The van der Waals surface area contributed by atoms with E-state index in [1.54, 1.807) is 11.3 Å². The second-order valence-electron chi connectivity index (χ2n) is 5.60. The Morgan fingerprint density at radius 3 is 2.75 bits per heavy atom. The number of hydrogen-bond acceptors (Lipinski definition) is 3. The van der Waals surface area contributed by atoms with E-state index in [4.69, 9.17) is 11.6 Å². The highest BCUT2D eigenvalue weighted by Gasteiger charge is 2.15. The lowest BCUT2D eigenvalue weighted by Crippen LogP contribution is -2.15. The Labute approximate surface area is 150 Å². The average molecular weight is 360 g/mol. The van der Waals surface area contributed by atoms with Crippen molar-refractivity contribution in [3.05, 3.63) is 68.6 Å². The monoisotopic (exact) mass is 359 g/mol. The van der Waals surface area contributed by atoms with E-state index in [1.165, 1.54) is 0 Å². The van der Waals surface area contributed by atoms with Crippen LogP contribution in [0, 0.1) is 13.8 Å². The maximum atomic E-state index is 12.2. The number of hydrogen-bond donors (Lipinski definition) is 1. The van der Waals surface area contributed by atoms with Crippen molar-refractivity contribution in [2.24, 2.45) is 0 Å². The van der Waals surface area contributed by atoms with Crippen LogP contribution in [0.15, 0.2) is 41.8 Å². The van der Waals surface area contributed by atoms with Crippen molar-refractivity contribution in [3.8, 4) is 0 Å². The molecule has 0 aliphatic heterocycles. The second kappa shape index (κ2) is 7.20. The highest BCUT2D eigenvalue weighted by atomic mass is 35.5. The van der Waals surface area contributed by atoms with Gasteiger partial charge in [-0.25, -0.2) is 0 Å². The molecule has 0 aliphatic rings. The highest BCUT2D eigenvalue weighted by molar-refractivity contribution is 7.10. The number of carbonyl (C=O) groups excluding carboxylic acids is 1. The molecule has 0 saturated carbocycles. The van der Waals surface area contributed by atoms with Crippen molar-refractivity contribution in [2.75, 3.05) is 5.32 Å². The van der Waals surface area contributed by atoms with Gasteiger partial charge >= 0.3 is 0 Å². The van der Waals surface area contributed by atoms with Gasteiger partial charge in [-0.1, -0.05) is 35.9 Å². The van der Waals surface area contributed by atoms with Gasteiger partial charge in [0.15, 0.2) is 0 Å². The van der Waals surface area contributed by atoms with Gasteiger partial charge in [0.2, 0.25) is 5.91 Å². The van der Waals surface area contributed by atoms with Gasteiger partial charge in [0.05, 0.1) is 30.0 Å². The van der Waals surface area contributed by atoms with Gasteiger partial charge in [0.25, 0.3) is 0 Å². The van der Waals surface area contributed by atoms with Crippen molar-refractivity contribution >= 4 is 34.5 Å². The molecule has 0 unspecified atom stereocenters. The van der Waals surface area contributed by atoms with E-state index in [0.717, 1.165) is 27.5 Å². The van der Waals surface area contributed by atoms with Crippen LogP contribution in [0.25, 0.3) is 0 Å². The largest absolute Gasteiger partial charge is 0.323 e. The van der Waals surface area contributed by atoms with Crippen LogP contribution in [0.5, 0.6) is 0 Å². The number of rotatable bonds is 5. The van der Waals surface area contributed by atoms with Gasteiger partial charge in [-0.05, 0) is 36.9 Å². The van der Waals surface area contributed by atoms with E-state index < -0.39 is 0 Å². The van der Waals surface area contributed by atoms with Gasteiger partial charge in [-0.3, -0.25) is 9.48 Å². The van der Waals surface area contributed by atoms with Crippen molar-refractivity contribution < 1.29 is 4.79 Å². The predicted octanol–water partition coefficient (Wildman–Crippen LogP) is 4.44. The molecule has 0 radical (unpaired) electrons. The van der Waals surface area contributed by atoms with E-state index in [1.807, 2.05) is 60.3 Å². The summed E-state index contributed by atoms with van der Waals surface area (Å²) in [4.78, 5) is 13.3. The van der Waals surface area contributed by atoms with Gasteiger partial charge in [-0.15, -0.1) is 11.3 Å². The Hall–Kier alpha value is -2.11. The van der Waals surface area contributed by atoms with Crippen LogP contribution >= 0.6 is 22.9 Å². The van der Waals surface area contributed by atoms with Crippen LogP contribution in [-0.2, 0) is 17.8 Å². The van der Waals surface area contributed by atoms with Crippen molar-refractivity contribution in [2.45, 2.75) is 26.8 Å². The summed E-state index contributed by atoms with van der Waals surface area (Å²) in [5, 5.41) is 10.2. The zero-order chi connectivity index (χ0) is 17.1. The number of aromatic nitrogens is 2. The van der Waals surface area contributed by atoms with Crippen LogP contribution in [0.4, 0.5) is 5.69 Å². The van der Waals surface area contributed by atoms with Gasteiger partial charge in [0, 0.05) is 9.90 Å². The number of halogens is 1. The van der Waals surface area contributed by atoms with Crippen molar-refractivity contribution in [1.82, 2.24) is 9.78 Å². The van der Waals surface area contributed by atoms with Gasteiger partial charge in [0.1, 0.15) is 0 Å². The number of anilines is 1. The smallest absolute Gasteiger partial charge is 0.229 e. The quantitative estimate of drug-likeness (QED) is 0.731. The molecule has 1 aromatic carbocycles. The molecular formula is C18H18ClN3OS. The number of thiophene rings is 1. The minimum Gasteiger partial charge on any atom is -0.323 e. The third-order valence-corrected chi connectivity index (χ3v) is 5.08. The first kappa shape index (κ1) is 16.7. The molecule has 1 amide bonds. The molecular weight excluding hydrogens is 342 g/mol. The summed E-state index contributed by atoms with van der Waals surface area (Å²) in [6.45, 7) is 4.43. The maximum absolute atomic E-state index is 12.2. The third-order valence-electron chi connectivity index (χ3n) is 3.84. The van der Waals surface area contributed by atoms with Crippen LogP contribution < -0.4 is 5.32 Å². The zero-order valence-corrected chi connectivity index (χ0v) is 15.1. The van der Waals surface area contributed by atoms with Crippen LogP contribution in [-0.4, -0.2) is 15.7 Å². The number of amides is 1. The molecule has 2 heterocycles. The zero-order valence-electron chi connectivity index (χ0n) is 13.5. The lowest BCUT2D eigenvalue weighted by molar-refractivity contribution is -0.115. The molecule has 0 bridgehead atoms. The van der Waals surface area contributed by atoms with Crippen LogP contribution in [0.1, 0.15) is 21.8 Å². The van der Waals surface area contributed by atoms with Gasteiger partial charge < -0.3 is 5.32 Å². The summed E-state index contributed by atoms with van der Waals surface area (Å²) in [5.74, 6) is -0.0269. The fourth-order valence-electron chi connectivity index (χ4n) is 2.57. The summed E-state index contributed by atoms with van der Waals surface area (Å²) in [6, 6.07) is 11.6. The minimum absolute atomic E-state index is 0.0269. The summed E-state index contributed by atoms with van der Waals surface area (Å²) < 4.78 is 1.87. The van der Waals surface area contributed by atoms with E-state index >= 15 is 0 Å². The minimum atomic E-state index is -0.0269. The molecule has 24 heavy (non-hydrogen) atoms. The Bertz CT molecular complexity index is 855. The number of benzene rings is 1. The third kappa shape index (κ3) is 3.68. The topological polar surface area (TPSA) is 46.9 Å². The Kier molecular flexibility index (Phi) is 5.02. The summed E-state index contributed by atoms with van der Waals surface area (Å²) >= 11 is 7.81. The van der Waals surface area contributed by atoms with Crippen LogP contribution in [0.2, 0.25) is 5.02 Å². The Balaban J connectivity index is 1.76. The molecule has 6 heteroatoms. The SMILES string of the molecule is Cc1nn(Cc2ccccc2Cl)c(C)c1NC(=O)Cc1cccs1. The first-order valence-electron chi connectivity index (χ1n) is 7.64. The summed E-state index contributed by atoms with van der Waals surface area (Å²) in [7, 11) is 0. The van der Waals surface area contributed by atoms with E-state index in [2.05, 4.69) is 10.4 Å². The summed E-state index contributed by atoms with van der Waals surface area (Å²) in [6.07, 6.45) is 0.381. The fourth-order valence-corrected chi connectivity index (χ4v) is 3.47. The maximum Gasteiger partial charge on any atom is 0.229 e. The fraction of sp³-hybridized carbons (Fsp3) is 0.222. The van der Waals surface area contributed by atoms with E-state index in [9.17, 15) is 4.79 Å². The molecule has 0 spiro atoms. The molecule has 0 aliphatic carbocycles. The Morgan fingerprint density at radius 2 is 2.04 bits per heavy atom. The first-order chi connectivity index (χ1) is 11.5. The lowest BCUT2D eigenvalue weighted by atomic mass is 10.2.